The summed E-state index contributed by atoms with van der Waals surface area (Å²) in [6.45, 7) is 5.26. The van der Waals surface area contributed by atoms with Crippen molar-refractivity contribution in [2.24, 2.45) is 5.41 Å². The molecule has 5 heteroatoms. The van der Waals surface area contributed by atoms with Crippen LogP contribution in [0.2, 0.25) is 0 Å². The van der Waals surface area contributed by atoms with Crippen LogP contribution >= 0.6 is 15.9 Å². The molecule has 1 aromatic rings. The molecule has 1 N–H and O–H groups in total. The van der Waals surface area contributed by atoms with Gasteiger partial charge in [0, 0.05) is 24.6 Å². The number of hydrogen-bond acceptors (Lipinski definition) is 3. The monoisotopic (exact) mass is 340 g/mol. The number of amides is 1. The van der Waals surface area contributed by atoms with Crippen LogP contribution in [0.25, 0.3) is 0 Å². The fraction of sp³-hybridized carbons (Fsp3) is 0.533. The van der Waals surface area contributed by atoms with Crippen molar-refractivity contribution in [1.82, 2.24) is 10.2 Å². The van der Waals surface area contributed by atoms with Crippen molar-refractivity contribution < 1.29 is 9.53 Å². The molecular weight excluding hydrogens is 320 g/mol. The van der Waals surface area contributed by atoms with Crippen LogP contribution in [0.3, 0.4) is 0 Å². The minimum Gasteiger partial charge on any atom is -0.492 e. The lowest BCUT2D eigenvalue weighted by Gasteiger charge is -2.22. The lowest BCUT2D eigenvalue weighted by Crippen LogP contribution is -2.39. The van der Waals surface area contributed by atoms with Gasteiger partial charge in [-0.3, -0.25) is 9.69 Å². The summed E-state index contributed by atoms with van der Waals surface area (Å²) in [7, 11) is 1.70. The van der Waals surface area contributed by atoms with Crippen LogP contribution < -0.4 is 10.1 Å². The predicted molar refractivity (Wildman–Crippen MR) is 82.9 cm³/mol. The van der Waals surface area contributed by atoms with Crippen molar-refractivity contribution in [3.8, 4) is 5.75 Å². The minimum atomic E-state index is -0.259. The van der Waals surface area contributed by atoms with E-state index in [-0.39, 0.29) is 11.3 Å². The molecule has 0 aromatic heterocycles. The van der Waals surface area contributed by atoms with E-state index in [1.165, 1.54) is 0 Å². The van der Waals surface area contributed by atoms with Crippen LogP contribution in [0.15, 0.2) is 28.7 Å². The van der Waals surface area contributed by atoms with Gasteiger partial charge in [0.15, 0.2) is 0 Å². The molecule has 4 nitrogen and oxygen atoms in total. The zero-order valence-electron chi connectivity index (χ0n) is 12.0. The van der Waals surface area contributed by atoms with Crippen molar-refractivity contribution in [1.29, 1.82) is 0 Å². The summed E-state index contributed by atoms with van der Waals surface area (Å²) >= 11 is 3.42. The van der Waals surface area contributed by atoms with E-state index in [9.17, 15) is 4.79 Å². The summed E-state index contributed by atoms with van der Waals surface area (Å²) in [5.74, 6) is 1.00. The smallest absolute Gasteiger partial charge is 0.227 e. The van der Waals surface area contributed by atoms with Crippen LogP contribution in [-0.4, -0.2) is 44.1 Å². The lowest BCUT2D eigenvalue weighted by molar-refractivity contribution is -0.129. The second-order valence-electron chi connectivity index (χ2n) is 5.47. The Morgan fingerprint density at radius 3 is 3.05 bits per heavy atom. The molecule has 0 spiro atoms. The Morgan fingerprint density at radius 2 is 2.35 bits per heavy atom. The molecule has 1 saturated heterocycles. The van der Waals surface area contributed by atoms with E-state index >= 15 is 0 Å². The van der Waals surface area contributed by atoms with Crippen molar-refractivity contribution in [3.05, 3.63) is 28.7 Å². The number of ether oxygens (including phenoxy) is 1. The topological polar surface area (TPSA) is 41.6 Å². The van der Waals surface area contributed by atoms with E-state index in [1.807, 2.05) is 31.2 Å². The molecule has 1 atom stereocenters. The summed E-state index contributed by atoms with van der Waals surface area (Å²) < 4.78 is 6.75. The van der Waals surface area contributed by atoms with E-state index in [1.54, 1.807) is 7.05 Å². The third-order valence-corrected chi connectivity index (χ3v) is 4.29. The summed E-state index contributed by atoms with van der Waals surface area (Å²) in [5, 5.41) is 2.75. The first-order valence-electron chi connectivity index (χ1n) is 6.86. The highest BCUT2D eigenvalue weighted by Gasteiger charge is 2.39. The van der Waals surface area contributed by atoms with E-state index in [2.05, 4.69) is 26.1 Å². The van der Waals surface area contributed by atoms with Gasteiger partial charge >= 0.3 is 0 Å². The Bertz CT molecular complexity index is 481. The van der Waals surface area contributed by atoms with Crippen molar-refractivity contribution in [2.75, 3.05) is 33.3 Å². The average molecular weight is 341 g/mol. The third-order valence-electron chi connectivity index (χ3n) is 3.80. The summed E-state index contributed by atoms with van der Waals surface area (Å²) in [6, 6.07) is 7.84. The van der Waals surface area contributed by atoms with Crippen LogP contribution in [0.4, 0.5) is 0 Å². The lowest BCUT2D eigenvalue weighted by atomic mass is 9.89. The minimum absolute atomic E-state index is 0.132. The molecule has 20 heavy (non-hydrogen) atoms. The number of carbonyl (C=O) groups excluding carboxylic acids is 1. The first kappa shape index (κ1) is 15.3. The Hall–Kier alpha value is -1.07. The molecule has 1 aromatic carbocycles. The fourth-order valence-corrected chi connectivity index (χ4v) is 2.96. The van der Waals surface area contributed by atoms with Crippen LogP contribution in [0.1, 0.15) is 13.3 Å². The zero-order chi connectivity index (χ0) is 14.6. The van der Waals surface area contributed by atoms with Gasteiger partial charge in [0.25, 0.3) is 0 Å². The Labute approximate surface area is 128 Å². The normalized spacial score (nSPS) is 22.8. The largest absolute Gasteiger partial charge is 0.492 e. The maximum Gasteiger partial charge on any atom is 0.227 e. The van der Waals surface area contributed by atoms with E-state index in [0.29, 0.717) is 6.61 Å². The molecule has 0 radical (unpaired) electrons. The number of halogens is 1. The van der Waals surface area contributed by atoms with Crippen molar-refractivity contribution in [3.63, 3.8) is 0 Å². The Balaban J connectivity index is 1.77. The van der Waals surface area contributed by atoms with Gasteiger partial charge in [-0.2, -0.15) is 0 Å². The molecule has 1 aliphatic rings. The zero-order valence-corrected chi connectivity index (χ0v) is 13.6. The van der Waals surface area contributed by atoms with Gasteiger partial charge in [-0.25, -0.2) is 0 Å². The first-order valence-corrected chi connectivity index (χ1v) is 7.66. The quantitative estimate of drug-likeness (QED) is 0.894. The van der Waals surface area contributed by atoms with Crippen molar-refractivity contribution >= 4 is 21.8 Å². The van der Waals surface area contributed by atoms with Crippen molar-refractivity contribution in [2.45, 2.75) is 13.3 Å². The highest BCUT2D eigenvalue weighted by molar-refractivity contribution is 9.10. The maximum atomic E-state index is 11.8. The fourth-order valence-electron chi connectivity index (χ4n) is 2.58. The molecule has 1 fully saturated rings. The van der Waals surface area contributed by atoms with Gasteiger partial charge in [-0.05, 0) is 38.1 Å². The summed E-state index contributed by atoms with van der Waals surface area (Å²) in [6.07, 6.45) is 0.906. The molecule has 0 aliphatic carbocycles. The highest BCUT2D eigenvalue weighted by Crippen LogP contribution is 2.29. The van der Waals surface area contributed by atoms with Crippen LogP contribution in [0, 0.1) is 5.41 Å². The van der Waals surface area contributed by atoms with Gasteiger partial charge in [0.1, 0.15) is 12.4 Å². The number of rotatable bonds is 5. The average Bonchev–Trinajstić information content (AvgIpc) is 2.81. The van der Waals surface area contributed by atoms with E-state index in [0.717, 1.165) is 36.3 Å². The van der Waals surface area contributed by atoms with Gasteiger partial charge in [-0.1, -0.05) is 22.0 Å². The summed E-state index contributed by atoms with van der Waals surface area (Å²) in [4.78, 5) is 14.1. The number of nitrogens with one attached hydrogen (secondary N) is 1. The molecule has 0 saturated carbocycles. The number of benzene rings is 1. The van der Waals surface area contributed by atoms with Gasteiger partial charge in [0.2, 0.25) is 5.91 Å². The van der Waals surface area contributed by atoms with Gasteiger partial charge in [-0.15, -0.1) is 0 Å². The number of nitrogens with zero attached hydrogens (tertiary/aromatic N) is 1. The number of likely N-dealkylation sites (tertiary alicyclic amines) is 1. The molecule has 110 valence electrons. The molecule has 0 bridgehead atoms. The first-order chi connectivity index (χ1) is 9.53. The van der Waals surface area contributed by atoms with Gasteiger partial charge in [0.05, 0.1) is 5.41 Å². The molecule has 1 heterocycles. The maximum absolute atomic E-state index is 11.8. The summed E-state index contributed by atoms with van der Waals surface area (Å²) in [5.41, 5.74) is -0.259. The van der Waals surface area contributed by atoms with Crippen LogP contribution in [0.5, 0.6) is 5.75 Å². The molecule has 1 unspecified atom stereocenters. The Morgan fingerprint density at radius 1 is 1.55 bits per heavy atom. The molecular formula is C15H21BrN2O2. The van der Waals surface area contributed by atoms with Crippen LogP contribution in [-0.2, 0) is 4.79 Å². The molecule has 2 rings (SSSR count). The highest BCUT2D eigenvalue weighted by atomic mass is 79.9. The van der Waals surface area contributed by atoms with E-state index in [4.69, 9.17) is 4.74 Å². The van der Waals surface area contributed by atoms with Gasteiger partial charge < -0.3 is 10.1 Å². The number of carbonyl (C=O) groups is 1. The molecule has 1 aliphatic heterocycles. The Kier molecular flexibility index (Phi) is 5.05. The predicted octanol–water partition coefficient (Wildman–Crippen LogP) is 2.29. The second kappa shape index (κ2) is 6.59. The standard InChI is InChI=1S/C15H21BrN2O2/c1-15(14(19)17-2)6-7-18(11-15)8-9-20-13-5-3-4-12(16)10-13/h3-5,10H,6-9,11H2,1-2H3,(H,17,19). The number of hydrogen-bond donors (Lipinski definition) is 1. The SMILES string of the molecule is CNC(=O)C1(C)CCN(CCOc2cccc(Br)c2)C1. The second-order valence-corrected chi connectivity index (χ2v) is 6.39. The third kappa shape index (κ3) is 3.73. The van der Waals surface area contributed by atoms with E-state index < -0.39 is 0 Å². The molecule has 1 amide bonds.